The minimum atomic E-state index is -1.10. The van der Waals surface area contributed by atoms with Crippen molar-refractivity contribution in [1.29, 1.82) is 0 Å². The van der Waals surface area contributed by atoms with Gasteiger partial charge in [-0.1, -0.05) is 0 Å². The van der Waals surface area contributed by atoms with Crippen molar-refractivity contribution < 1.29 is 33.8 Å². The fourth-order valence-corrected chi connectivity index (χ4v) is 3.86. The van der Waals surface area contributed by atoms with Gasteiger partial charge in [-0.15, -0.1) is 0 Å². The molecule has 2 heterocycles. The summed E-state index contributed by atoms with van der Waals surface area (Å²) in [5.41, 5.74) is 0.692. The molecule has 0 spiro atoms. The first-order valence-electron chi connectivity index (χ1n) is 8.79. The quantitative estimate of drug-likeness (QED) is 0.593. The molecule has 1 atom stereocenters. The van der Waals surface area contributed by atoms with E-state index in [9.17, 15) is 29.1 Å². The second-order valence-corrected chi connectivity index (χ2v) is 6.84. The molecule has 0 saturated carbocycles. The van der Waals surface area contributed by atoms with Gasteiger partial charge in [0.1, 0.15) is 0 Å². The van der Waals surface area contributed by atoms with Gasteiger partial charge in [-0.2, -0.15) is 0 Å². The van der Waals surface area contributed by atoms with Crippen LogP contribution in [0, 0.1) is 0 Å². The maximum Gasteiger partial charge on any atom is 0.307 e. The molecule has 2 aromatic carbocycles. The number of imide groups is 2. The summed E-state index contributed by atoms with van der Waals surface area (Å²) in [6.45, 7) is -0.622. The van der Waals surface area contributed by atoms with Gasteiger partial charge < -0.3 is 9.84 Å². The highest BCUT2D eigenvalue weighted by Crippen LogP contribution is 2.38. The number of methoxy groups -OCH3 is 1. The van der Waals surface area contributed by atoms with E-state index in [2.05, 4.69) is 4.74 Å². The van der Waals surface area contributed by atoms with Gasteiger partial charge in [0.2, 0.25) is 0 Å². The fraction of sp³-hybridized carbons (Fsp3) is 0.250. The van der Waals surface area contributed by atoms with Crippen molar-refractivity contribution in [1.82, 2.24) is 9.80 Å². The minimum absolute atomic E-state index is 0.119. The number of hydrogen-bond donors (Lipinski definition) is 1. The molecule has 29 heavy (non-hydrogen) atoms. The molecule has 148 valence electrons. The van der Waals surface area contributed by atoms with Crippen molar-refractivity contribution in [2.75, 3.05) is 20.8 Å². The Balaban J connectivity index is 1.94. The van der Waals surface area contributed by atoms with Crippen LogP contribution in [0.2, 0.25) is 0 Å². The van der Waals surface area contributed by atoms with E-state index in [4.69, 9.17) is 0 Å². The molecule has 4 rings (SSSR count). The van der Waals surface area contributed by atoms with E-state index in [1.807, 2.05) is 0 Å². The molecule has 0 bridgehead atoms. The summed E-state index contributed by atoms with van der Waals surface area (Å²) in [4.78, 5) is 64.7. The van der Waals surface area contributed by atoms with Crippen LogP contribution in [-0.2, 0) is 9.53 Å². The van der Waals surface area contributed by atoms with Crippen LogP contribution < -0.4 is 0 Å². The number of benzene rings is 2. The largest absolute Gasteiger partial charge is 0.469 e. The summed E-state index contributed by atoms with van der Waals surface area (Å²) in [5.74, 6) is -3.15. The molecule has 4 amide bonds. The van der Waals surface area contributed by atoms with E-state index in [0.29, 0.717) is 0 Å². The van der Waals surface area contributed by atoms with E-state index in [-0.39, 0.29) is 39.4 Å². The van der Waals surface area contributed by atoms with Crippen molar-refractivity contribution >= 4 is 40.4 Å². The maximum absolute atomic E-state index is 13.1. The number of hydrogen-bond acceptors (Lipinski definition) is 7. The van der Waals surface area contributed by atoms with Crippen molar-refractivity contribution in [3.8, 4) is 0 Å². The smallest absolute Gasteiger partial charge is 0.307 e. The Kier molecular flexibility index (Phi) is 4.20. The molecule has 0 aromatic heterocycles. The Morgan fingerprint density at radius 1 is 0.897 bits per heavy atom. The first kappa shape index (κ1) is 18.8. The second-order valence-electron chi connectivity index (χ2n) is 6.84. The lowest BCUT2D eigenvalue weighted by atomic mass is 9.85. The van der Waals surface area contributed by atoms with Crippen molar-refractivity contribution in [2.45, 2.75) is 12.5 Å². The number of carbonyl (C=O) groups is 5. The standard InChI is InChI=1S/C20H16N2O7/c1-21-17(25)10-3-5-12-16-13(6-4-11(15(10)16)18(21)26)20(28)22(19(12)27)9(8-23)7-14(24)29-2/h3-6,9,23H,7-8H2,1-2H3. The van der Waals surface area contributed by atoms with Crippen LogP contribution in [0.1, 0.15) is 47.9 Å². The van der Waals surface area contributed by atoms with Crippen LogP contribution in [0.25, 0.3) is 10.8 Å². The summed E-state index contributed by atoms with van der Waals surface area (Å²) < 4.78 is 4.58. The highest BCUT2D eigenvalue weighted by atomic mass is 16.5. The molecular formula is C20H16N2O7. The van der Waals surface area contributed by atoms with E-state index < -0.39 is 42.2 Å². The van der Waals surface area contributed by atoms with Crippen LogP contribution in [-0.4, -0.2) is 71.3 Å². The van der Waals surface area contributed by atoms with Crippen molar-refractivity contribution in [3.05, 3.63) is 46.5 Å². The predicted octanol–water partition coefficient (Wildman–Crippen LogP) is 0.586. The Labute approximate surface area is 164 Å². The minimum Gasteiger partial charge on any atom is -0.469 e. The number of ether oxygens (including phenoxy) is 1. The molecule has 9 heteroatoms. The summed E-state index contributed by atoms with van der Waals surface area (Å²) in [6, 6.07) is 4.61. The fourth-order valence-electron chi connectivity index (χ4n) is 3.86. The normalized spacial score (nSPS) is 16.5. The number of nitrogens with zero attached hydrogens (tertiary/aromatic N) is 2. The first-order valence-corrected chi connectivity index (χ1v) is 8.79. The van der Waals surface area contributed by atoms with Gasteiger partial charge in [0.05, 0.1) is 26.2 Å². The van der Waals surface area contributed by atoms with Crippen LogP contribution in [0.3, 0.4) is 0 Å². The zero-order valence-corrected chi connectivity index (χ0v) is 15.6. The molecule has 1 unspecified atom stereocenters. The Morgan fingerprint density at radius 3 is 1.69 bits per heavy atom. The van der Waals surface area contributed by atoms with Gasteiger partial charge in [0, 0.05) is 40.1 Å². The van der Waals surface area contributed by atoms with E-state index in [1.54, 1.807) is 0 Å². The molecule has 2 aromatic rings. The van der Waals surface area contributed by atoms with Crippen LogP contribution in [0.4, 0.5) is 0 Å². The van der Waals surface area contributed by atoms with E-state index in [0.717, 1.165) is 9.80 Å². The number of rotatable bonds is 4. The molecule has 0 radical (unpaired) electrons. The number of carbonyl (C=O) groups excluding carboxylic acids is 5. The van der Waals surface area contributed by atoms with E-state index >= 15 is 0 Å². The van der Waals surface area contributed by atoms with Gasteiger partial charge >= 0.3 is 5.97 Å². The van der Waals surface area contributed by atoms with Crippen LogP contribution in [0.15, 0.2) is 24.3 Å². The molecule has 0 saturated heterocycles. The highest BCUT2D eigenvalue weighted by Gasteiger charge is 2.41. The third-order valence-electron chi connectivity index (χ3n) is 5.34. The number of esters is 1. The Hall–Kier alpha value is -3.59. The molecule has 0 fully saturated rings. The maximum atomic E-state index is 13.1. The molecule has 2 aliphatic rings. The number of aliphatic hydroxyl groups is 1. The van der Waals surface area contributed by atoms with Crippen LogP contribution >= 0.6 is 0 Å². The Bertz CT molecular complexity index is 1070. The zero-order valence-electron chi connectivity index (χ0n) is 15.6. The van der Waals surface area contributed by atoms with Gasteiger partial charge in [0.25, 0.3) is 23.6 Å². The summed E-state index contributed by atoms with van der Waals surface area (Å²) in [6.07, 6.45) is -0.360. The molecule has 1 N–H and O–H groups in total. The third kappa shape index (κ3) is 2.47. The first-order chi connectivity index (χ1) is 13.8. The Morgan fingerprint density at radius 2 is 1.31 bits per heavy atom. The second kappa shape index (κ2) is 6.49. The lowest BCUT2D eigenvalue weighted by Gasteiger charge is -2.34. The van der Waals surface area contributed by atoms with E-state index in [1.165, 1.54) is 38.4 Å². The molecular weight excluding hydrogens is 380 g/mol. The number of aliphatic hydroxyl groups excluding tert-OH is 1. The summed E-state index contributed by atoms with van der Waals surface area (Å²) >= 11 is 0. The topological polar surface area (TPSA) is 121 Å². The van der Waals surface area contributed by atoms with Gasteiger partial charge in [-0.25, -0.2) is 0 Å². The third-order valence-corrected chi connectivity index (χ3v) is 5.34. The van der Waals surface area contributed by atoms with Gasteiger partial charge in [0.15, 0.2) is 0 Å². The molecule has 9 nitrogen and oxygen atoms in total. The predicted molar refractivity (Wildman–Crippen MR) is 98.4 cm³/mol. The SMILES string of the molecule is COC(=O)CC(CO)N1C(=O)c2ccc3c4c(ccc(c24)C1=O)C(=O)N(C)C3=O. The number of amides is 4. The summed E-state index contributed by atoms with van der Waals surface area (Å²) in [5, 5.41) is 10.2. The average molecular weight is 396 g/mol. The summed E-state index contributed by atoms with van der Waals surface area (Å²) in [7, 11) is 2.53. The molecule has 0 aliphatic carbocycles. The average Bonchev–Trinajstić information content (AvgIpc) is 2.73. The molecule has 2 aliphatic heterocycles. The van der Waals surface area contributed by atoms with Crippen molar-refractivity contribution in [2.24, 2.45) is 0 Å². The van der Waals surface area contributed by atoms with Gasteiger partial charge in [-0.3, -0.25) is 33.8 Å². The lowest BCUT2D eigenvalue weighted by molar-refractivity contribution is -0.141. The van der Waals surface area contributed by atoms with Crippen LogP contribution in [0.5, 0.6) is 0 Å². The zero-order chi connectivity index (χ0) is 21.0. The monoisotopic (exact) mass is 396 g/mol. The lowest BCUT2D eigenvalue weighted by Crippen LogP contribution is -2.50. The van der Waals surface area contributed by atoms with Gasteiger partial charge in [-0.05, 0) is 24.3 Å². The van der Waals surface area contributed by atoms with Crippen molar-refractivity contribution in [3.63, 3.8) is 0 Å². The highest BCUT2D eigenvalue weighted by molar-refractivity contribution is 6.33.